The van der Waals surface area contributed by atoms with Gasteiger partial charge in [-0.25, -0.2) is 9.79 Å². The third kappa shape index (κ3) is 4.21. The Morgan fingerprint density at radius 2 is 1.68 bits per heavy atom. The summed E-state index contributed by atoms with van der Waals surface area (Å²) in [6.45, 7) is 0.483. The zero-order chi connectivity index (χ0) is 19.3. The van der Waals surface area contributed by atoms with Crippen molar-refractivity contribution in [2.24, 2.45) is 4.99 Å². The maximum Gasteiger partial charge on any atom is 0.363 e. The van der Waals surface area contributed by atoms with Crippen LogP contribution in [0.1, 0.15) is 16.7 Å². The molecule has 28 heavy (non-hydrogen) atoms. The Morgan fingerprint density at radius 3 is 2.39 bits per heavy atom. The van der Waals surface area contributed by atoms with Gasteiger partial charge in [-0.1, -0.05) is 54.6 Å². The number of hydrogen-bond donors (Lipinski definition) is 0. The predicted octanol–water partition coefficient (Wildman–Crippen LogP) is 5.37. The van der Waals surface area contributed by atoms with Gasteiger partial charge in [0, 0.05) is 5.56 Å². The summed E-state index contributed by atoms with van der Waals surface area (Å²) in [7, 11) is 0. The molecular formula is C23H16BrNO3. The maximum absolute atomic E-state index is 12.1. The molecule has 0 atom stereocenters. The standard InChI is InChI=1S/C23H16BrNO3/c24-19-13-17(11-12-21(19)27-15-16-7-3-1-4-8-16)14-20-23(26)28-22(25-20)18-9-5-2-6-10-18/h1-14H,15H2. The molecule has 0 N–H and O–H groups in total. The monoisotopic (exact) mass is 433 g/mol. The van der Waals surface area contributed by atoms with E-state index in [9.17, 15) is 4.79 Å². The second-order valence-electron chi connectivity index (χ2n) is 6.17. The lowest BCUT2D eigenvalue weighted by molar-refractivity contribution is -0.129. The lowest BCUT2D eigenvalue weighted by Gasteiger charge is -2.09. The number of halogens is 1. The largest absolute Gasteiger partial charge is 0.488 e. The molecule has 3 aromatic carbocycles. The molecule has 0 aliphatic carbocycles. The summed E-state index contributed by atoms with van der Waals surface area (Å²) in [6.07, 6.45) is 1.70. The maximum atomic E-state index is 12.1. The van der Waals surface area contributed by atoms with Crippen molar-refractivity contribution in [3.63, 3.8) is 0 Å². The molecule has 0 amide bonds. The smallest absolute Gasteiger partial charge is 0.363 e. The zero-order valence-corrected chi connectivity index (χ0v) is 16.4. The minimum Gasteiger partial charge on any atom is -0.488 e. The normalized spacial score (nSPS) is 14.7. The minimum atomic E-state index is -0.459. The van der Waals surface area contributed by atoms with Gasteiger partial charge in [0.15, 0.2) is 5.70 Å². The van der Waals surface area contributed by atoms with E-state index in [4.69, 9.17) is 9.47 Å². The molecule has 1 aliphatic rings. The third-order valence-electron chi connectivity index (χ3n) is 4.14. The molecule has 0 saturated heterocycles. The van der Waals surface area contributed by atoms with Crippen LogP contribution in [0.5, 0.6) is 5.75 Å². The van der Waals surface area contributed by atoms with Gasteiger partial charge in [-0.2, -0.15) is 0 Å². The first-order chi connectivity index (χ1) is 13.7. The summed E-state index contributed by atoms with van der Waals surface area (Å²) in [5.41, 5.74) is 2.95. The molecule has 0 aromatic heterocycles. The first-order valence-electron chi connectivity index (χ1n) is 8.73. The van der Waals surface area contributed by atoms with Crippen molar-refractivity contribution < 1.29 is 14.3 Å². The van der Waals surface area contributed by atoms with Crippen LogP contribution in [-0.2, 0) is 16.1 Å². The van der Waals surface area contributed by atoms with Crippen molar-refractivity contribution in [1.82, 2.24) is 0 Å². The highest BCUT2D eigenvalue weighted by atomic mass is 79.9. The van der Waals surface area contributed by atoms with Crippen molar-refractivity contribution in [3.8, 4) is 5.75 Å². The van der Waals surface area contributed by atoms with Crippen LogP contribution in [0.2, 0.25) is 0 Å². The fourth-order valence-corrected chi connectivity index (χ4v) is 3.24. The van der Waals surface area contributed by atoms with Gasteiger partial charge in [-0.05, 0) is 57.4 Å². The molecule has 0 fully saturated rings. The number of esters is 1. The van der Waals surface area contributed by atoms with E-state index < -0.39 is 5.97 Å². The fraction of sp³-hybridized carbons (Fsp3) is 0.0435. The Bertz CT molecular complexity index is 1060. The van der Waals surface area contributed by atoms with Crippen molar-refractivity contribution in [3.05, 3.63) is 106 Å². The van der Waals surface area contributed by atoms with Gasteiger partial charge in [-0.3, -0.25) is 0 Å². The van der Waals surface area contributed by atoms with Crippen LogP contribution in [0.4, 0.5) is 0 Å². The van der Waals surface area contributed by atoms with E-state index in [2.05, 4.69) is 20.9 Å². The second kappa shape index (κ2) is 8.23. The number of nitrogens with zero attached hydrogens (tertiary/aromatic N) is 1. The van der Waals surface area contributed by atoms with Crippen LogP contribution in [0.15, 0.2) is 94.0 Å². The average Bonchev–Trinajstić information content (AvgIpc) is 3.09. The molecule has 4 rings (SSSR count). The molecule has 1 aliphatic heterocycles. The summed E-state index contributed by atoms with van der Waals surface area (Å²) in [6, 6.07) is 24.9. The van der Waals surface area contributed by atoms with E-state index in [0.29, 0.717) is 12.5 Å². The van der Waals surface area contributed by atoms with Crippen LogP contribution in [-0.4, -0.2) is 11.9 Å². The number of aliphatic imine (C=N–C) groups is 1. The Balaban J connectivity index is 1.51. The van der Waals surface area contributed by atoms with Crippen LogP contribution in [0, 0.1) is 0 Å². The summed E-state index contributed by atoms with van der Waals surface area (Å²) >= 11 is 3.53. The van der Waals surface area contributed by atoms with Gasteiger partial charge in [0.25, 0.3) is 0 Å². The predicted molar refractivity (Wildman–Crippen MR) is 112 cm³/mol. The first-order valence-corrected chi connectivity index (χ1v) is 9.52. The Hall–Kier alpha value is -3.18. The molecule has 5 heteroatoms. The number of hydrogen-bond acceptors (Lipinski definition) is 4. The zero-order valence-electron chi connectivity index (χ0n) is 14.8. The van der Waals surface area contributed by atoms with Crippen molar-refractivity contribution in [2.75, 3.05) is 0 Å². The van der Waals surface area contributed by atoms with Crippen molar-refractivity contribution in [2.45, 2.75) is 6.61 Å². The van der Waals surface area contributed by atoms with E-state index in [-0.39, 0.29) is 5.70 Å². The minimum absolute atomic E-state index is 0.267. The van der Waals surface area contributed by atoms with E-state index in [1.54, 1.807) is 6.08 Å². The number of benzene rings is 3. The van der Waals surface area contributed by atoms with Gasteiger partial charge >= 0.3 is 5.97 Å². The Morgan fingerprint density at radius 1 is 0.964 bits per heavy atom. The molecule has 0 radical (unpaired) electrons. The molecule has 4 nitrogen and oxygen atoms in total. The number of ether oxygens (including phenoxy) is 2. The SMILES string of the molecule is O=C1OC(c2ccccc2)=NC1=Cc1ccc(OCc2ccccc2)c(Br)c1. The lowest BCUT2D eigenvalue weighted by Crippen LogP contribution is -2.04. The lowest BCUT2D eigenvalue weighted by atomic mass is 10.2. The van der Waals surface area contributed by atoms with Gasteiger partial charge in [0.1, 0.15) is 12.4 Å². The number of cyclic esters (lactones) is 1. The van der Waals surface area contributed by atoms with Crippen molar-refractivity contribution in [1.29, 1.82) is 0 Å². The van der Waals surface area contributed by atoms with E-state index >= 15 is 0 Å². The molecule has 1 heterocycles. The quantitative estimate of drug-likeness (QED) is 0.401. The molecule has 0 unspecified atom stereocenters. The molecule has 3 aromatic rings. The molecular weight excluding hydrogens is 418 g/mol. The van der Waals surface area contributed by atoms with Crippen LogP contribution < -0.4 is 4.74 Å². The summed E-state index contributed by atoms with van der Waals surface area (Å²) in [4.78, 5) is 16.5. The Kier molecular flexibility index (Phi) is 5.35. The molecule has 0 spiro atoms. The summed E-state index contributed by atoms with van der Waals surface area (Å²) in [5, 5.41) is 0. The highest BCUT2D eigenvalue weighted by molar-refractivity contribution is 9.10. The van der Waals surface area contributed by atoms with Gasteiger partial charge in [0.2, 0.25) is 5.90 Å². The fourth-order valence-electron chi connectivity index (χ4n) is 2.73. The van der Waals surface area contributed by atoms with Gasteiger partial charge in [-0.15, -0.1) is 0 Å². The molecule has 0 saturated carbocycles. The topological polar surface area (TPSA) is 47.9 Å². The highest BCUT2D eigenvalue weighted by Crippen LogP contribution is 2.28. The van der Waals surface area contributed by atoms with Crippen LogP contribution in [0.25, 0.3) is 6.08 Å². The molecule has 0 bridgehead atoms. The van der Waals surface area contributed by atoms with E-state index in [1.165, 1.54) is 0 Å². The van der Waals surface area contributed by atoms with Gasteiger partial charge < -0.3 is 9.47 Å². The summed E-state index contributed by atoms with van der Waals surface area (Å²) in [5.74, 6) is 0.589. The number of carbonyl (C=O) groups is 1. The third-order valence-corrected chi connectivity index (χ3v) is 4.76. The Labute approximate surface area is 171 Å². The first kappa shape index (κ1) is 18.2. The second-order valence-corrected chi connectivity index (χ2v) is 7.02. The average molecular weight is 434 g/mol. The summed E-state index contributed by atoms with van der Waals surface area (Å²) < 4.78 is 11.9. The van der Waals surface area contributed by atoms with Crippen LogP contribution in [0.3, 0.4) is 0 Å². The van der Waals surface area contributed by atoms with E-state index in [1.807, 2.05) is 78.9 Å². The van der Waals surface area contributed by atoms with Crippen LogP contribution >= 0.6 is 15.9 Å². The van der Waals surface area contributed by atoms with Crippen molar-refractivity contribution >= 4 is 33.9 Å². The number of rotatable bonds is 5. The van der Waals surface area contributed by atoms with E-state index in [0.717, 1.165) is 26.9 Å². The van der Waals surface area contributed by atoms with Gasteiger partial charge in [0.05, 0.1) is 4.47 Å². The molecule has 138 valence electrons. The highest BCUT2D eigenvalue weighted by Gasteiger charge is 2.24. The number of carbonyl (C=O) groups excluding carboxylic acids is 1.